The van der Waals surface area contributed by atoms with Crippen molar-refractivity contribution in [3.8, 4) is 11.1 Å². The second kappa shape index (κ2) is 4.20. The third-order valence-corrected chi connectivity index (χ3v) is 4.20. The molecule has 0 nitrogen and oxygen atoms in total. The van der Waals surface area contributed by atoms with Gasteiger partial charge in [-0.15, -0.1) is 12.6 Å². The molecule has 0 fully saturated rings. The van der Waals surface area contributed by atoms with Gasteiger partial charge in [0.1, 0.15) is 0 Å². The van der Waals surface area contributed by atoms with Crippen molar-refractivity contribution in [1.82, 2.24) is 0 Å². The van der Waals surface area contributed by atoms with Crippen molar-refractivity contribution in [2.75, 3.05) is 0 Å². The van der Waals surface area contributed by atoms with E-state index in [1.165, 1.54) is 33.2 Å². The molecule has 2 aromatic carbocycles. The standard InChI is InChI=1S/C16H16BS/c1-9(2)14-10(3)8-12-11-6-4-5-7-13(11)17-15(12)16(14)18/h4-9,18H,1-3H3. The van der Waals surface area contributed by atoms with Crippen molar-refractivity contribution in [1.29, 1.82) is 0 Å². The fourth-order valence-corrected chi connectivity index (χ4v) is 3.57. The first-order valence-corrected chi connectivity index (χ1v) is 6.85. The minimum atomic E-state index is 0.514. The quantitative estimate of drug-likeness (QED) is 0.498. The van der Waals surface area contributed by atoms with Gasteiger partial charge in [-0.3, -0.25) is 0 Å². The molecule has 1 heterocycles. The Morgan fingerprint density at radius 2 is 1.83 bits per heavy atom. The summed E-state index contributed by atoms with van der Waals surface area (Å²) in [5.41, 5.74) is 7.98. The summed E-state index contributed by atoms with van der Waals surface area (Å²) >= 11 is 4.78. The highest BCUT2D eigenvalue weighted by molar-refractivity contribution is 7.80. The number of benzene rings is 2. The third kappa shape index (κ3) is 1.63. The van der Waals surface area contributed by atoms with Crippen LogP contribution < -0.4 is 10.9 Å². The summed E-state index contributed by atoms with van der Waals surface area (Å²) < 4.78 is 0. The van der Waals surface area contributed by atoms with Crippen LogP contribution in [0.2, 0.25) is 0 Å². The molecule has 1 aliphatic heterocycles. The first-order chi connectivity index (χ1) is 8.59. The van der Waals surface area contributed by atoms with Gasteiger partial charge in [0.2, 0.25) is 0 Å². The maximum Gasteiger partial charge on any atom is 0.194 e. The maximum atomic E-state index is 4.78. The van der Waals surface area contributed by atoms with E-state index in [9.17, 15) is 0 Å². The Bertz CT molecular complexity index is 629. The molecule has 2 aromatic rings. The summed E-state index contributed by atoms with van der Waals surface area (Å²) in [5, 5.41) is 0. The normalized spacial score (nSPS) is 12.3. The van der Waals surface area contributed by atoms with Crippen molar-refractivity contribution >= 4 is 30.8 Å². The lowest BCUT2D eigenvalue weighted by molar-refractivity contribution is 0.836. The zero-order valence-corrected chi connectivity index (χ0v) is 11.9. The summed E-state index contributed by atoms with van der Waals surface area (Å²) in [6, 6.07) is 10.9. The zero-order chi connectivity index (χ0) is 12.9. The number of thiol groups is 1. The van der Waals surface area contributed by atoms with Crippen molar-refractivity contribution in [3.05, 3.63) is 41.5 Å². The number of aryl methyl sites for hydroxylation is 1. The molecule has 0 saturated carbocycles. The van der Waals surface area contributed by atoms with Gasteiger partial charge >= 0.3 is 0 Å². The monoisotopic (exact) mass is 251 g/mol. The van der Waals surface area contributed by atoms with Crippen LogP contribution in [0.3, 0.4) is 0 Å². The van der Waals surface area contributed by atoms with Crippen LogP contribution in [-0.4, -0.2) is 7.28 Å². The summed E-state index contributed by atoms with van der Waals surface area (Å²) in [4.78, 5) is 1.15. The van der Waals surface area contributed by atoms with Crippen LogP contribution in [0.1, 0.15) is 30.9 Å². The molecule has 0 amide bonds. The number of hydrogen-bond donors (Lipinski definition) is 1. The van der Waals surface area contributed by atoms with Gasteiger partial charge in [0.15, 0.2) is 7.28 Å². The Kier molecular flexibility index (Phi) is 2.78. The van der Waals surface area contributed by atoms with Crippen LogP contribution in [-0.2, 0) is 0 Å². The first kappa shape index (κ1) is 11.9. The summed E-state index contributed by atoms with van der Waals surface area (Å²) in [6.07, 6.45) is 0. The smallest absolute Gasteiger partial charge is 0.144 e. The van der Waals surface area contributed by atoms with Gasteiger partial charge in [0.05, 0.1) is 0 Å². The molecular formula is C16H16BS. The van der Waals surface area contributed by atoms with Crippen LogP contribution in [0, 0.1) is 6.92 Å². The minimum Gasteiger partial charge on any atom is -0.144 e. The summed E-state index contributed by atoms with van der Waals surface area (Å²) in [5.74, 6) is 0.514. The van der Waals surface area contributed by atoms with Crippen LogP contribution >= 0.6 is 12.6 Å². The highest BCUT2D eigenvalue weighted by Gasteiger charge is 2.24. The van der Waals surface area contributed by atoms with Crippen LogP contribution in [0.4, 0.5) is 0 Å². The molecule has 0 aliphatic carbocycles. The molecule has 1 aliphatic rings. The topological polar surface area (TPSA) is 0 Å². The first-order valence-electron chi connectivity index (χ1n) is 6.40. The van der Waals surface area contributed by atoms with E-state index >= 15 is 0 Å². The molecule has 0 saturated heterocycles. The average molecular weight is 251 g/mol. The lowest BCUT2D eigenvalue weighted by atomic mass is 9.67. The average Bonchev–Trinajstić information content (AvgIpc) is 2.68. The van der Waals surface area contributed by atoms with Crippen molar-refractivity contribution in [2.24, 2.45) is 0 Å². The number of rotatable bonds is 1. The molecule has 2 heteroatoms. The highest BCUT2D eigenvalue weighted by Crippen LogP contribution is 2.31. The summed E-state index contributed by atoms with van der Waals surface area (Å²) in [7, 11) is 2.26. The molecule has 0 bridgehead atoms. The fraction of sp³-hybridized carbons (Fsp3) is 0.250. The fourth-order valence-electron chi connectivity index (χ4n) is 2.95. The predicted molar refractivity (Wildman–Crippen MR) is 83.0 cm³/mol. The summed E-state index contributed by atoms with van der Waals surface area (Å²) in [6.45, 7) is 6.66. The molecule has 89 valence electrons. The number of fused-ring (bicyclic) bond motifs is 3. The predicted octanol–water partition coefficient (Wildman–Crippen LogP) is 3.04. The van der Waals surface area contributed by atoms with E-state index in [2.05, 4.69) is 58.4 Å². The number of hydrogen-bond acceptors (Lipinski definition) is 1. The Balaban J connectivity index is 2.28. The molecular weight excluding hydrogens is 235 g/mol. The van der Waals surface area contributed by atoms with E-state index in [0.29, 0.717) is 5.92 Å². The Labute approximate surface area is 115 Å². The van der Waals surface area contributed by atoms with Gasteiger partial charge in [-0.1, -0.05) is 55.1 Å². The minimum absolute atomic E-state index is 0.514. The van der Waals surface area contributed by atoms with Crippen molar-refractivity contribution < 1.29 is 0 Å². The van der Waals surface area contributed by atoms with Crippen molar-refractivity contribution in [2.45, 2.75) is 31.6 Å². The van der Waals surface area contributed by atoms with E-state index in [1.807, 2.05) is 0 Å². The molecule has 0 spiro atoms. The van der Waals surface area contributed by atoms with Crippen LogP contribution in [0.5, 0.6) is 0 Å². The van der Waals surface area contributed by atoms with Crippen LogP contribution in [0.15, 0.2) is 35.2 Å². The maximum absolute atomic E-state index is 4.78. The molecule has 0 atom stereocenters. The van der Waals surface area contributed by atoms with E-state index in [0.717, 1.165) is 4.90 Å². The molecule has 0 N–H and O–H groups in total. The van der Waals surface area contributed by atoms with Gasteiger partial charge in [0, 0.05) is 4.90 Å². The van der Waals surface area contributed by atoms with E-state index < -0.39 is 0 Å². The Morgan fingerprint density at radius 3 is 2.56 bits per heavy atom. The van der Waals surface area contributed by atoms with E-state index in [-0.39, 0.29) is 0 Å². The van der Waals surface area contributed by atoms with E-state index in [4.69, 9.17) is 12.6 Å². The lowest BCUT2D eigenvalue weighted by Crippen LogP contribution is -2.23. The second-order valence-electron chi connectivity index (χ2n) is 5.30. The molecule has 1 radical (unpaired) electrons. The van der Waals surface area contributed by atoms with Crippen LogP contribution in [0.25, 0.3) is 11.1 Å². The molecule has 3 rings (SSSR count). The SMILES string of the molecule is Cc1cc2c(c(S)c1C(C)C)[B]c1ccccc1-2. The lowest BCUT2D eigenvalue weighted by Gasteiger charge is -2.17. The molecule has 0 unspecified atom stereocenters. The Hall–Kier alpha value is -1.15. The molecule has 18 heavy (non-hydrogen) atoms. The van der Waals surface area contributed by atoms with Gasteiger partial charge in [-0.2, -0.15) is 0 Å². The van der Waals surface area contributed by atoms with Gasteiger partial charge in [-0.05, 0) is 35.1 Å². The van der Waals surface area contributed by atoms with Crippen molar-refractivity contribution in [3.63, 3.8) is 0 Å². The Morgan fingerprint density at radius 1 is 1.11 bits per heavy atom. The largest absolute Gasteiger partial charge is 0.194 e. The molecule has 0 aromatic heterocycles. The third-order valence-electron chi connectivity index (χ3n) is 3.71. The van der Waals surface area contributed by atoms with Gasteiger partial charge in [0.25, 0.3) is 0 Å². The zero-order valence-electron chi connectivity index (χ0n) is 11.0. The highest BCUT2D eigenvalue weighted by atomic mass is 32.1. The van der Waals surface area contributed by atoms with Gasteiger partial charge in [-0.25, -0.2) is 0 Å². The second-order valence-corrected chi connectivity index (χ2v) is 5.75. The van der Waals surface area contributed by atoms with Gasteiger partial charge < -0.3 is 0 Å². The van der Waals surface area contributed by atoms with E-state index in [1.54, 1.807) is 0 Å².